The van der Waals surface area contributed by atoms with Crippen LogP contribution in [0.4, 0.5) is 0 Å². The lowest BCUT2D eigenvalue weighted by Gasteiger charge is -2.08. The highest BCUT2D eigenvalue weighted by Crippen LogP contribution is 2.32. The van der Waals surface area contributed by atoms with E-state index in [9.17, 15) is 24.9 Å². The maximum atomic E-state index is 10.7. The maximum absolute atomic E-state index is 10.7. The van der Waals surface area contributed by atoms with E-state index in [2.05, 4.69) is 12.1 Å². The summed E-state index contributed by atoms with van der Waals surface area (Å²) in [6, 6.07) is 32.6. The van der Waals surface area contributed by atoms with Crippen molar-refractivity contribution in [3.8, 4) is 11.5 Å². The van der Waals surface area contributed by atoms with E-state index in [1.165, 1.54) is 17.0 Å². The largest absolute Gasteiger partial charge is 0.541 e. The van der Waals surface area contributed by atoms with Crippen molar-refractivity contribution in [3.63, 3.8) is 0 Å². The summed E-state index contributed by atoms with van der Waals surface area (Å²) in [5.74, 6) is -2.12. The molecule has 5 nitrogen and oxygen atoms in total. The molecular weight excluding hydrogens is 424 g/mol. The predicted molar refractivity (Wildman–Crippen MR) is 121 cm³/mol. The number of phenols is 2. The second-order valence-corrected chi connectivity index (χ2v) is 8.62. The summed E-state index contributed by atoms with van der Waals surface area (Å²) in [4.78, 5) is 24.2. The minimum Gasteiger partial charge on any atom is -0.541 e. The van der Waals surface area contributed by atoms with Crippen molar-refractivity contribution < 1.29 is 24.9 Å². The second kappa shape index (κ2) is 10.8. The zero-order valence-corrected chi connectivity index (χ0v) is 17.7. The lowest BCUT2D eigenvalue weighted by atomic mass is 10.1. The van der Waals surface area contributed by atoms with Crippen molar-refractivity contribution in [2.24, 2.45) is 0 Å². The standard InChI is InChI=1S/C18H14O2S.C8H6O3/c19-14-6-10-17(11-7-14)21(16-4-2-1-3-5-16)18-12-8-15(20)9-13-18;9-7(8(10)11)6-4-2-1-3-5-6/h1-13H,(H-,19,20);1-5H,(H,10,11). The van der Waals surface area contributed by atoms with Crippen molar-refractivity contribution in [2.75, 3.05) is 0 Å². The van der Waals surface area contributed by atoms with Crippen LogP contribution in [0.2, 0.25) is 0 Å². The Bertz CT molecular complexity index is 1110. The molecule has 6 heteroatoms. The Morgan fingerprint density at radius 2 is 0.938 bits per heavy atom. The number of hydrogen-bond acceptors (Lipinski definition) is 5. The highest BCUT2D eigenvalue weighted by Gasteiger charge is 2.28. The smallest absolute Gasteiger partial charge is 0.208 e. The van der Waals surface area contributed by atoms with Crippen molar-refractivity contribution in [2.45, 2.75) is 14.7 Å². The molecule has 0 aromatic heterocycles. The number of benzene rings is 4. The van der Waals surface area contributed by atoms with Crippen LogP contribution >= 0.6 is 0 Å². The van der Waals surface area contributed by atoms with Gasteiger partial charge >= 0.3 is 0 Å². The molecule has 0 fully saturated rings. The SMILES string of the molecule is O=C([O-])C(=O)c1ccccc1.Oc1ccc([S+](c2ccccc2)c2ccc(O)cc2)cc1. The number of hydrogen-bond donors (Lipinski definition) is 2. The average molecular weight is 445 g/mol. The fourth-order valence-electron chi connectivity index (χ4n) is 2.84. The number of carboxylic acids is 1. The first-order chi connectivity index (χ1) is 15.5. The molecule has 0 atom stereocenters. The van der Waals surface area contributed by atoms with Gasteiger partial charge in [0.05, 0.1) is 10.9 Å². The summed E-state index contributed by atoms with van der Waals surface area (Å²) >= 11 is 0. The van der Waals surface area contributed by atoms with Crippen LogP contribution in [0.5, 0.6) is 11.5 Å². The molecule has 0 spiro atoms. The van der Waals surface area contributed by atoms with Crippen LogP contribution < -0.4 is 5.11 Å². The highest BCUT2D eigenvalue weighted by molar-refractivity contribution is 7.97. The van der Waals surface area contributed by atoms with Gasteiger partial charge in [0.1, 0.15) is 17.5 Å². The molecule has 0 saturated carbocycles. The van der Waals surface area contributed by atoms with Gasteiger partial charge in [-0.05, 0) is 60.7 Å². The molecule has 0 heterocycles. The molecule has 4 rings (SSSR count). The van der Waals surface area contributed by atoms with Gasteiger partial charge in [0.15, 0.2) is 14.7 Å². The van der Waals surface area contributed by atoms with Gasteiger partial charge in [0, 0.05) is 5.56 Å². The summed E-state index contributed by atoms with van der Waals surface area (Å²) in [6.07, 6.45) is 0. The van der Waals surface area contributed by atoms with Crippen LogP contribution in [-0.4, -0.2) is 22.0 Å². The molecule has 160 valence electrons. The van der Waals surface area contributed by atoms with E-state index < -0.39 is 11.8 Å². The molecular formula is C26H20O5S. The lowest BCUT2D eigenvalue weighted by molar-refractivity contribution is -0.296. The fourth-order valence-corrected chi connectivity index (χ4v) is 4.90. The molecule has 0 aliphatic carbocycles. The summed E-state index contributed by atoms with van der Waals surface area (Å²) in [5, 5.41) is 29.0. The first kappa shape index (κ1) is 22.7. The Hall–Kier alpha value is -4.03. The van der Waals surface area contributed by atoms with Gasteiger partial charge in [-0.25, -0.2) is 0 Å². The first-order valence-electron chi connectivity index (χ1n) is 9.64. The predicted octanol–water partition coefficient (Wildman–Crippen LogP) is 3.81. The van der Waals surface area contributed by atoms with Gasteiger partial charge in [-0.3, -0.25) is 4.79 Å². The van der Waals surface area contributed by atoms with Gasteiger partial charge in [-0.15, -0.1) is 0 Å². The Balaban J connectivity index is 0.000000222. The molecule has 0 amide bonds. The third kappa shape index (κ3) is 6.00. The normalized spacial score (nSPS) is 10.2. The second-order valence-electron chi connectivity index (χ2n) is 6.59. The Labute approximate surface area is 188 Å². The van der Waals surface area contributed by atoms with E-state index in [0.29, 0.717) is 0 Å². The molecule has 4 aromatic carbocycles. The molecule has 0 aliphatic rings. The maximum Gasteiger partial charge on any atom is 0.208 e. The monoisotopic (exact) mass is 444 g/mol. The molecule has 4 aromatic rings. The number of aromatic hydroxyl groups is 2. The molecule has 0 bridgehead atoms. The van der Waals surface area contributed by atoms with Gasteiger partial charge in [0.2, 0.25) is 5.78 Å². The summed E-state index contributed by atoms with van der Waals surface area (Å²) in [7, 11) is -0.253. The van der Waals surface area contributed by atoms with Crippen LogP contribution in [0, 0.1) is 0 Å². The first-order valence-corrected chi connectivity index (χ1v) is 10.9. The Morgan fingerprint density at radius 3 is 1.34 bits per heavy atom. The number of phenolic OH excluding ortho intramolecular Hbond substituents is 2. The van der Waals surface area contributed by atoms with E-state index in [4.69, 9.17) is 0 Å². The third-order valence-electron chi connectivity index (χ3n) is 4.35. The zero-order valence-electron chi connectivity index (χ0n) is 16.9. The topological polar surface area (TPSA) is 97.7 Å². The molecule has 32 heavy (non-hydrogen) atoms. The molecule has 2 N–H and O–H groups in total. The number of aliphatic carboxylic acids is 1. The summed E-state index contributed by atoms with van der Waals surface area (Å²) < 4.78 is 0. The van der Waals surface area contributed by atoms with Gasteiger partial charge in [-0.2, -0.15) is 0 Å². The van der Waals surface area contributed by atoms with Gasteiger partial charge in [-0.1, -0.05) is 48.5 Å². The summed E-state index contributed by atoms with van der Waals surface area (Å²) in [6.45, 7) is 0. The van der Waals surface area contributed by atoms with Crippen LogP contribution in [-0.2, 0) is 15.7 Å². The fraction of sp³-hybridized carbons (Fsp3) is 0. The lowest BCUT2D eigenvalue weighted by Crippen LogP contribution is -2.31. The van der Waals surface area contributed by atoms with Gasteiger partial charge < -0.3 is 20.1 Å². The minimum absolute atomic E-state index is 0.146. The van der Waals surface area contributed by atoms with E-state index >= 15 is 0 Å². The number of ketones is 1. The van der Waals surface area contributed by atoms with Gasteiger partial charge in [0.25, 0.3) is 0 Å². The van der Waals surface area contributed by atoms with Crippen LogP contribution in [0.3, 0.4) is 0 Å². The zero-order chi connectivity index (χ0) is 22.9. The van der Waals surface area contributed by atoms with Crippen LogP contribution in [0.1, 0.15) is 10.4 Å². The number of carbonyl (C=O) groups excluding carboxylic acids is 2. The van der Waals surface area contributed by atoms with E-state index in [1.807, 2.05) is 42.5 Å². The number of rotatable bonds is 5. The highest BCUT2D eigenvalue weighted by atomic mass is 32.2. The molecule has 0 saturated heterocycles. The van der Waals surface area contributed by atoms with Crippen molar-refractivity contribution in [1.82, 2.24) is 0 Å². The molecule has 0 aliphatic heterocycles. The van der Waals surface area contributed by atoms with E-state index in [-0.39, 0.29) is 28.0 Å². The van der Waals surface area contributed by atoms with Crippen molar-refractivity contribution in [3.05, 3.63) is 115 Å². The minimum atomic E-state index is -1.67. The van der Waals surface area contributed by atoms with Crippen molar-refractivity contribution >= 4 is 22.6 Å². The third-order valence-corrected chi connectivity index (χ3v) is 6.58. The summed E-state index contributed by atoms with van der Waals surface area (Å²) in [5.41, 5.74) is 0.146. The molecule has 0 radical (unpaired) electrons. The number of carboxylic acid groups (broad SMARTS) is 1. The van der Waals surface area contributed by atoms with Crippen molar-refractivity contribution in [1.29, 1.82) is 0 Å². The number of carbonyl (C=O) groups is 2. The quantitative estimate of drug-likeness (QED) is 0.277. The van der Waals surface area contributed by atoms with E-state index in [1.54, 1.807) is 42.5 Å². The van der Waals surface area contributed by atoms with Crippen LogP contribution in [0.15, 0.2) is 124 Å². The average Bonchev–Trinajstić information content (AvgIpc) is 2.83. The van der Waals surface area contributed by atoms with Crippen LogP contribution in [0.25, 0.3) is 0 Å². The number of Topliss-reactive ketones (excluding diaryl/α,β-unsaturated/α-hetero) is 1. The molecule has 0 unspecified atom stereocenters. The Kier molecular flexibility index (Phi) is 7.67. The van der Waals surface area contributed by atoms with E-state index in [0.717, 1.165) is 9.79 Å². The Morgan fingerprint density at radius 1 is 0.562 bits per heavy atom.